The van der Waals surface area contributed by atoms with Crippen molar-refractivity contribution in [3.63, 3.8) is 0 Å². The van der Waals surface area contributed by atoms with Crippen molar-refractivity contribution in [3.05, 3.63) is 45.9 Å². The van der Waals surface area contributed by atoms with Crippen molar-refractivity contribution in [2.75, 3.05) is 0 Å². The maximum atomic E-state index is 12.3. The van der Waals surface area contributed by atoms with Crippen LogP contribution in [0.1, 0.15) is 22.2 Å². The van der Waals surface area contributed by atoms with Crippen LogP contribution in [0.25, 0.3) is 0 Å². The van der Waals surface area contributed by atoms with Crippen LogP contribution < -0.4 is 4.74 Å². The van der Waals surface area contributed by atoms with Gasteiger partial charge in [-0.05, 0) is 13.0 Å². The Balaban J connectivity index is 2.37. The summed E-state index contributed by atoms with van der Waals surface area (Å²) in [5.74, 6) is -0.407. The van der Waals surface area contributed by atoms with Gasteiger partial charge in [-0.15, -0.1) is 24.5 Å². The molecule has 2 rings (SSSR count). The zero-order chi connectivity index (χ0) is 14.0. The predicted octanol–water partition coefficient (Wildman–Crippen LogP) is 3.43. The summed E-state index contributed by atoms with van der Waals surface area (Å²) in [4.78, 5) is 4.46. The van der Waals surface area contributed by atoms with Crippen molar-refractivity contribution in [2.45, 2.75) is 19.4 Å². The Bertz CT molecular complexity index is 568. The lowest BCUT2D eigenvalue weighted by Crippen LogP contribution is -2.18. The summed E-state index contributed by atoms with van der Waals surface area (Å²) >= 11 is 1.18. The van der Waals surface area contributed by atoms with Gasteiger partial charge in [0.15, 0.2) is 0 Å². The number of alkyl halides is 3. The number of thiazole rings is 1. The molecule has 3 nitrogen and oxygen atoms in total. The molecule has 0 bridgehead atoms. The van der Waals surface area contributed by atoms with Crippen LogP contribution in [0.5, 0.6) is 5.75 Å². The van der Waals surface area contributed by atoms with Gasteiger partial charge in [-0.1, -0.05) is 18.2 Å². The Morgan fingerprint density at radius 3 is 2.58 bits per heavy atom. The normalized spacial score (nSPS) is 13.3. The van der Waals surface area contributed by atoms with Crippen molar-refractivity contribution in [3.8, 4) is 5.75 Å². The first kappa shape index (κ1) is 13.8. The molecule has 19 heavy (non-hydrogen) atoms. The van der Waals surface area contributed by atoms with Crippen molar-refractivity contribution in [1.29, 1.82) is 0 Å². The fraction of sp³-hybridized carbons (Fsp3) is 0.250. The van der Waals surface area contributed by atoms with Crippen molar-refractivity contribution in [2.24, 2.45) is 0 Å². The Morgan fingerprint density at radius 1 is 1.32 bits per heavy atom. The lowest BCUT2D eigenvalue weighted by Gasteiger charge is -2.16. The summed E-state index contributed by atoms with van der Waals surface area (Å²) in [5.41, 5.74) is 2.17. The fourth-order valence-electron chi connectivity index (χ4n) is 1.64. The van der Waals surface area contributed by atoms with E-state index in [0.29, 0.717) is 10.6 Å². The number of aliphatic hydroxyl groups is 1. The molecule has 1 heterocycles. The highest BCUT2D eigenvalue weighted by Crippen LogP contribution is 2.35. The molecule has 0 fully saturated rings. The number of aliphatic hydroxyl groups excluding tert-OH is 1. The molecule has 0 radical (unpaired) electrons. The first-order chi connectivity index (χ1) is 8.88. The zero-order valence-electron chi connectivity index (χ0n) is 9.81. The zero-order valence-corrected chi connectivity index (χ0v) is 10.6. The Labute approximate surface area is 111 Å². The van der Waals surface area contributed by atoms with Crippen LogP contribution in [0, 0.1) is 6.92 Å². The van der Waals surface area contributed by atoms with E-state index in [2.05, 4.69) is 9.72 Å². The standard InChI is InChI=1S/C12H10F3NO2S/c1-7-11(19-6-16-7)10(17)8-4-2-3-5-9(8)18-12(13,14)15/h2-6,10,17H,1H3. The number of benzene rings is 1. The second kappa shape index (κ2) is 5.18. The molecule has 0 saturated carbocycles. The number of hydrogen-bond donors (Lipinski definition) is 1. The first-order valence-electron chi connectivity index (χ1n) is 5.31. The van der Waals surface area contributed by atoms with Gasteiger partial charge >= 0.3 is 6.36 Å². The molecule has 1 N–H and O–H groups in total. The van der Waals surface area contributed by atoms with E-state index in [1.54, 1.807) is 6.92 Å². The molecule has 0 aliphatic heterocycles. The fourth-order valence-corrected chi connectivity index (χ4v) is 2.44. The summed E-state index contributed by atoms with van der Waals surface area (Å²) in [7, 11) is 0. The lowest BCUT2D eigenvalue weighted by molar-refractivity contribution is -0.275. The highest BCUT2D eigenvalue weighted by molar-refractivity contribution is 7.09. The average molecular weight is 289 g/mol. The van der Waals surface area contributed by atoms with E-state index < -0.39 is 18.2 Å². The largest absolute Gasteiger partial charge is 0.573 e. The van der Waals surface area contributed by atoms with Gasteiger partial charge in [-0.3, -0.25) is 0 Å². The minimum absolute atomic E-state index is 0.0622. The van der Waals surface area contributed by atoms with E-state index in [9.17, 15) is 18.3 Å². The highest BCUT2D eigenvalue weighted by atomic mass is 32.1. The van der Waals surface area contributed by atoms with E-state index in [1.165, 1.54) is 41.1 Å². The quantitative estimate of drug-likeness (QED) is 0.941. The van der Waals surface area contributed by atoms with E-state index in [-0.39, 0.29) is 5.56 Å². The van der Waals surface area contributed by atoms with E-state index in [4.69, 9.17) is 0 Å². The van der Waals surface area contributed by atoms with Crippen LogP contribution in [0.15, 0.2) is 29.8 Å². The number of ether oxygens (including phenoxy) is 1. The van der Waals surface area contributed by atoms with Gasteiger partial charge in [0.1, 0.15) is 11.9 Å². The molecule has 1 unspecified atom stereocenters. The van der Waals surface area contributed by atoms with Gasteiger partial charge in [0.05, 0.1) is 16.1 Å². The monoisotopic (exact) mass is 289 g/mol. The molecule has 7 heteroatoms. The van der Waals surface area contributed by atoms with E-state index in [0.717, 1.165) is 0 Å². The number of aromatic nitrogens is 1. The average Bonchev–Trinajstić information content (AvgIpc) is 2.73. The predicted molar refractivity (Wildman–Crippen MR) is 64.0 cm³/mol. The SMILES string of the molecule is Cc1ncsc1C(O)c1ccccc1OC(F)(F)F. The third-order valence-corrected chi connectivity index (χ3v) is 3.45. The summed E-state index contributed by atoms with van der Waals surface area (Å²) in [6.45, 7) is 1.68. The molecule has 0 aliphatic carbocycles. The molecule has 0 aliphatic rings. The number of rotatable bonds is 3. The van der Waals surface area contributed by atoms with Crippen LogP contribution in [0.2, 0.25) is 0 Å². The van der Waals surface area contributed by atoms with E-state index in [1.807, 2.05) is 0 Å². The maximum absolute atomic E-state index is 12.3. The molecule has 0 amide bonds. The summed E-state index contributed by atoms with van der Waals surface area (Å²) < 4.78 is 40.8. The van der Waals surface area contributed by atoms with Gasteiger partial charge in [0, 0.05) is 5.56 Å². The third kappa shape index (κ3) is 3.24. The van der Waals surface area contributed by atoms with Crippen LogP contribution >= 0.6 is 11.3 Å². The van der Waals surface area contributed by atoms with Crippen molar-refractivity contribution < 1.29 is 23.0 Å². The molecule has 1 aromatic carbocycles. The maximum Gasteiger partial charge on any atom is 0.573 e. The van der Waals surface area contributed by atoms with E-state index >= 15 is 0 Å². The molecule has 2 aromatic rings. The Morgan fingerprint density at radius 2 is 2.00 bits per heavy atom. The topological polar surface area (TPSA) is 42.4 Å². The Hall–Kier alpha value is -1.60. The van der Waals surface area contributed by atoms with Crippen LogP contribution in [0.4, 0.5) is 13.2 Å². The molecule has 1 aromatic heterocycles. The lowest BCUT2D eigenvalue weighted by atomic mass is 10.1. The number of nitrogens with zero attached hydrogens (tertiary/aromatic N) is 1. The number of hydrogen-bond acceptors (Lipinski definition) is 4. The van der Waals surface area contributed by atoms with Crippen LogP contribution in [-0.4, -0.2) is 16.5 Å². The van der Waals surface area contributed by atoms with Gasteiger partial charge in [0.2, 0.25) is 0 Å². The van der Waals surface area contributed by atoms with Crippen molar-refractivity contribution >= 4 is 11.3 Å². The summed E-state index contributed by atoms with van der Waals surface area (Å²) in [6.07, 6.45) is -5.98. The Kier molecular flexibility index (Phi) is 3.77. The minimum atomic E-state index is -4.79. The third-order valence-electron chi connectivity index (χ3n) is 2.47. The number of aryl methyl sites for hydroxylation is 1. The highest BCUT2D eigenvalue weighted by Gasteiger charge is 2.33. The molecule has 1 atom stereocenters. The molecule has 0 saturated heterocycles. The number of para-hydroxylation sites is 1. The second-order valence-electron chi connectivity index (χ2n) is 3.79. The van der Waals surface area contributed by atoms with Crippen molar-refractivity contribution in [1.82, 2.24) is 4.98 Å². The summed E-state index contributed by atoms with van der Waals surface area (Å²) in [6, 6.07) is 5.52. The minimum Gasteiger partial charge on any atom is -0.405 e. The van der Waals surface area contributed by atoms with Gasteiger partial charge in [-0.25, -0.2) is 4.98 Å². The molecule has 102 valence electrons. The molecular formula is C12H10F3NO2S. The molecular weight excluding hydrogens is 279 g/mol. The van der Waals surface area contributed by atoms with Gasteiger partial charge in [0.25, 0.3) is 0 Å². The van der Waals surface area contributed by atoms with Crippen LogP contribution in [0.3, 0.4) is 0 Å². The summed E-state index contributed by atoms with van der Waals surface area (Å²) in [5, 5.41) is 10.2. The first-order valence-corrected chi connectivity index (χ1v) is 6.19. The molecule has 0 spiro atoms. The van der Waals surface area contributed by atoms with Gasteiger partial charge in [-0.2, -0.15) is 0 Å². The number of halogens is 3. The van der Waals surface area contributed by atoms with Gasteiger partial charge < -0.3 is 9.84 Å². The smallest absolute Gasteiger partial charge is 0.405 e. The van der Waals surface area contributed by atoms with Crippen LogP contribution in [-0.2, 0) is 0 Å². The second-order valence-corrected chi connectivity index (χ2v) is 4.68.